The first-order valence-electron chi connectivity index (χ1n) is 8.91. The Labute approximate surface area is 159 Å². The first kappa shape index (κ1) is 21.1. The predicted octanol–water partition coefficient (Wildman–Crippen LogP) is 0.285. The second-order valence-electron chi connectivity index (χ2n) is 6.37. The van der Waals surface area contributed by atoms with E-state index in [2.05, 4.69) is 10.6 Å². The summed E-state index contributed by atoms with van der Waals surface area (Å²) in [6.07, 6.45) is -0.802. The topological polar surface area (TPSA) is 125 Å². The highest BCUT2D eigenvalue weighted by atomic mass is 32.2. The Kier molecular flexibility index (Phi) is 7.17. The number of hydrogen-bond donors (Lipinski definition) is 3. The molecule has 1 aliphatic heterocycles. The standard InChI is InChI=1S/C17H27N5O4S/c1-3-11-27(25,26)22-10-9-21(16(22)15(23)19-8-7-18)17(24)20-14-6-4-5-13(2)12-14/h4-6,12,16H,3,7-11,18H2,1-2H3,(H,19,23)(H,20,24). The van der Waals surface area contributed by atoms with Crippen LogP contribution in [0, 0.1) is 6.92 Å². The number of hydrogen-bond acceptors (Lipinski definition) is 5. The van der Waals surface area contributed by atoms with Crippen molar-refractivity contribution < 1.29 is 18.0 Å². The number of carbonyl (C=O) groups excluding carboxylic acids is 2. The Balaban J connectivity index is 2.24. The molecule has 1 atom stereocenters. The fourth-order valence-corrected chi connectivity index (χ4v) is 4.59. The highest BCUT2D eigenvalue weighted by molar-refractivity contribution is 7.89. The van der Waals surface area contributed by atoms with E-state index in [4.69, 9.17) is 5.73 Å². The molecule has 27 heavy (non-hydrogen) atoms. The van der Waals surface area contributed by atoms with Gasteiger partial charge in [-0.2, -0.15) is 4.31 Å². The molecule has 1 heterocycles. The summed E-state index contributed by atoms with van der Waals surface area (Å²) in [5.74, 6) is -0.641. The highest BCUT2D eigenvalue weighted by Gasteiger charge is 2.45. The van der Waals surface area contributed by atoms with Crippen LogP contribution in [0.5, 0.6) is 0 Å². The molecule has 1 fully saturated rings. The van der Waals surface area contributed by atoms with Crippen LogP contribution in [0.25, 0.3) is 0 Å². The Bertz CT molecular complexity index is 783. The maximum atomic E-state index is 12.7. The fraction of sp³-hybridized carbons (Fsp3) is 0.529. The zero-order chi connectivity index (χ0) is 20.0. The predicted molar refractivity (Wildman–Crippen MR) is 104 cm³/mol. The second kappa shape index (κ2) is 9.16. The van der Waals surface area contributed by atoms with Crippen LogP contribution >= 0.6 is 0 Å². The number of aryl methyl sites for hydroxylation is 1. The van der Waals surface area contributed by atoms with E-state index >= 15 is 0 Å². The molecular weight excluding hydrogens is 370 g/mol. The van der Waals surface area contributed by atoms with E-state index in [9.17, 15) is 18.0 Å². The molecule has 4 N–H and O–H groups in total. The molecule has 3 amide bonds. The van der Waals surface area contributed by atoms with Crippen LogP contribution in [-0.4, -0.2) is 67.7 Å². The molecule has 0 aliphatic carbocycles. The minimum absolute atomic E-state index is 0.0737. The summed E-state index contributed by atoms with van der Waals surface area (Å²) in [5.41, 5.74) is 6.97. The molecule has 150 valence electrons. The van der Waals surface area contributed by atoms with Crippen LogP contribution in [-0.2, 0) is 14.8 Å². The lowest BCUT2D eigenvalue weighted by Gasteiger charge is -2.28. The number of carbonyl (C=O) groups is 2. The van der Waals surface area contributed by atoms with Crippen LogP contribution in [0.15, 0.2) is 24.3 Å². The minimum Gasteiger partial charge on any atom is -0.352 e. The monoisotopic (exact) mass is 397 g/mol. The Morgan fingerprint density at radius 3 is 2.67 bits per heavy atom. The number of urea groups is 1. The van der Waals surface area contributed by atoms with Crippen molar-refractivity contribution in [2.45, 2.75) is 26.4 Å². The SMILES string of the molecule is CCCS(=O)(=O)N1CCN(C(=O)Nc2cccc(C)c2)C1C(=O)NCCN. The van der Waals surface area contributed by atoms with E-state index in [0.717, 1.165) is 9.87 Å². The van der Waals surface area contributed by atoms with Gasteiger partial charge in [0.25, 0.3) is 5.91 Å². The van der Waals surface area contributed by atoms with Gasteiger partial charge >= 0.3 is 6.03 Å². The van der Waals surface area contributed by atoms with Crippen LogP contribution in [0.3, 0.4) is 0 Å². The van der Waals surface area contributed by atoms with Crippen LogP contribution in [0.1, 0.15) is 18.9 Å². The van der Waals surface area contributed by atoms with E-state index in [1.165, 1.54) is 4.90 Å². The van der Waals surface area contributed by atoms with E-state index in [0.29, 0.717) is 12.1 Å². The maximum absolute atomic E-state index is 12.7. The van der Waals surface area contributed by atoms with Gasteiger partial charge in [0.2, 0.25) is 10.0 Å². The number of nitrogens with zero attached hydrogens (tertiary/aromatic N) is 2. The Hall–Kier alpha value is -2.17. The van der Waals surface area contributed by atoms with Crippen LogP contribution in [0.4, 0.5) is 10.5 Å². The summed E-state index contributed by atoms with van der Waals surface area (Å²) in [6, 6.07) is 6.70. The number of anilines is 1. The van der Waals surface area contributed by atoms with Gasteiger partial charge in [-0.25, -0.2) is 13.2 Å². The molecule has 1 saturated heterocycles. The lowest BCUT2D eigenvalue weighted by Crippen LogP contribution is -2.55. The number of nitrogens with one attached hydrogen (secondary N) is 2. The van der Waals surface area contributed by atoms with Gasteiger partial charge in [-0.1, -0.05) is 19.1 Å². The molecule has 0 radical (unpaired) electrons. The minimum atomic E-state index is -3.66. The third-order valence-corrected chi connectivity index (χ3v) is 6.18. The van der Waals surface area contributed by atoms with Gasteiger partial charge in [0.1, 0.15) is 0 Å². The number of amides is 3. The van der Waals surface area contributed by atoms with Gasteiger partial charge in [-0.05, 0) is 31.0 Å². The third kappa shape index (κ3) is 5.18. The molecule has 10 heteroatoms. The van der Waals surface area contributed by atoms with E-state index in [1.807, 2.05) is 13.0 Å². The van der Waals surface area contributed by atoms with Gasteiger partial charge in [0.05, 0.1) is 5.75 Å². The lowest BCUT2D eigenvalue weighted by molar-refractivity contribution is -0.127. The molecular formula is C17H27N5O4S. The third-order valence-electron chi connectivity index (χ3n) is 4.16. The molecule has 0 saturated carbocycles. The Morgan fingerprint density at radius 2 is 2.04 bits per heavy atom. The summed E-state index contributed by atoms with van der Waals surface area (Å²) < 4.78 is 26.2. The molecule has 9 nitrogen and oxygen atoms in total. The first-order chi connectivity index (χ1) is 12.8. The zero-order valence-electron chi connectivity index (χ0n) is 15.6. The average molecular weight is 398 g/mol. The van der Waals surface area contributed by atoms with E-state index in [-0.39, 0.29) is 31.9 Å². The molecule has 0 spiro atoms. The van der Waals surface area contributed by atoms with E-state index in [1.54, 1.807) is 25.1 Å². The largest absolute Gasteiger partial charge is 0.352 e. The van der Waals surface area contributed by atoms with Gasteiger partial charge < -0.3 is 16.4 Å². The highest BCUT2D eigenvalue weighted by Crippen LogP contribution is 2.21. The molecule has 0 bridgehead atoms. The van der Waals surface area contributed by atoms with Crippen molar-refractivity contribution in [1.29, 1.82) is 0 Å². The smallest absolute Gasteiger partial charge is 0.323 e. The number of nitrogens with two attached hydrogens (primary N) is 1. The summed E-state index contributed by atoms with van der Waals surface area (Å²) in [7, 11) is -3.66. The summed E-state index contributed by atoms with van der Waals surface area (Å²) >= 11 is 0. The van der Waals surface area contributed by atoms with Crippen molar-refractivity contribution in [3.05, 3.63) is 29.8 Å². The zero-order valence-corrected chi connectivity index (χ0v) is 16.5. The molecule has 1 aromatic rings. The normalized spacial score (nSPS) is 17.7. The van der Waals surface area contributed by atoms with Crippen molar-refractivity contribution >= 4 is 27.6 Å². The lowest BCUT2D eigenvalue weighted by atomic mass is 10.2. The summed E-state index contributed by atoms with van der Waals surface area (Å²) in [5, 5.41) is 5.32. The Morgan fingerprint density at radius 1 is 1.30 bits per heavy atom. The van der Waals surface area contributed by atoms with Gasteiger partial charge in [-0.3, -0.25) is 9.69 Å². The number of benzene rings is 1. The maximum Gasteiger partial charge on any atom is 0.323 e. The summed E-state index contributed by atoms with van der Waals surface area (Å²) in [6.45, 7) is 4.26. The molecule has 1 aliphatic rings. The fourth-order valence-electron chi connectivity index (χ4n) is 2.96. The van der Waals surface area contributed by atoms with Crippen molar-refractivity contribution in [2.24, 2.45) is 5.73 Å². The van der Waals surface area contributed by atoms with Crippen LogP contribution in [0.2, 0.25) is 0 Å². The number of sulfonamides is 1. The molecule has 1 aromatic carbocycles. The van der Waals surface area contributed by atoms with Crippen molar-refractivity contribution in [2.75, 3.05) is 37.2 Å². The van der Waals surface area contributed by atoms with Gasteiger partial charge in [0.15, 0.2) is 6.17 Å². The average Bonchev–Trinajstić information content (AvgIpc) is 3.06. The van der Waals surface area contributed by atoms with Crippen molar-refractivity contribution in [1.82, 2.24) is 14.5 Å². The molecule has 1 unspecified atom stereocenters. The van der Waals surface area contributed by atoms with Gasteiger partial charge in [0, 0.05) is 31.9 Å². The second-order valence-corrected chi connectivity index (χ2v) is 8.41. The van der Waals surface area contributed by atoms with Crippen LogP contribution < -0.4 is 16.4 Å². The van der Waals surface area contributed by atoms with Crippen molar-refractivity contribution in [3.63, 3.8) is 0 Å². The quantitative estimate of drug-likeness (QED) is 0.610. The molecule has 2 rings (SSSR count). The first-order valence-corrected chi connectivity index (χ1v) is 10.5. The van der Waals surface area contributed by atoms with E-state index < -0.39 is 28.1 Å². The molecule has 0 aromatic heterocycles. The van der Waals surface area contributed by atoms with Crippen molar-refractivity contribution in [3.8, 4) is 0 Å². The van der Waals surface area contributed by atoms with Gasteiger partial charge in [-0.15, -0.1) is 0 Å². The summed E-state index contributed by atoms with van der Waals surface area (Å²) in [4.78, 5) is 26.6. The number of rotatable bonds is 7.